The van der Waals surface area contributed by atoms with E-state index in [0.717, 1.165) is 44.9 Å². The average molecular weight is 268 g/mol. The van der Waals surface area contributed by atoms with Gasteiger partial charge in [-0.2, -0.15) is 0 Å². The van der Waals surface area contributed by atoms with Gasteiger partial charge < -0.3 is 5.11 Å². The Kier molecular flexibility index (Phi) is 10.4. The summed E-state index contributed by atoms with van der Waals surface area (Å²) in [6, 6.07) is 0. The van der Waals surface area contributed by atoms with Gasteiger partial charge in [0.25, 0.3) is 0 Å². The number of allylic oxidation sites excluding steroid dienone is 1. The zero-order chi connectivity index (χ0) is 14.7. The van der Waals surface area contributed by atoms with Gasteiger partial charge >= 0.3 is 0 Å². The Hall–Kier alpha value is -0.960. The van der Waals surface area contributed by atoms with Crippen molar-refractivity contribution in [3.05, 3.63) is 12.7 Å². The maximum absolute atomic E-state index is 11.5. The van der Waals surface area contributed by atoms with Crippen molar-refractivity contribution in [1.29, 1.82) is 0 Å². The van der Waals surface area contributed by atoms with Crippen LogP contribution in [-0.2, 0) is 9.59 Å². The molecule has 0 fully saturated rings. The SMILES string of the molecule is C=CC(CCCCCCCCO)C(C(C)=O)C(C)=O. The summed E-state index contributed by atoms with van der Waals surface area (Å²) in [5.74, 6) is -0.639. The fourth-order valence-electron chi connectivity index (χ4n) is 2.51. The molecular weight excluding hydrogens is 240 g/mol. The Morgan fingerprint density at radius 3 is 1.89 bits per heavy atom. The first-order valence-corrected chi connectivity index (χ1v) is 7.28. The van der Waals surface area contributed by atoms with Crippen LogP contribution in [0.2, 0.25) is 0 Å². The Balaban J connectivity index is 3.96. The highest BCUT2D eigenvalue weighted by molar-refractivity contribution is 6.00. The molecule has 19 heavy (non-hydrogen) atoms. The Morgan fingerprint density at radius 1 is 1.00 bits per heavy atom. The molecule has 0 aromatic carbocycles. The molecule has 0 saturated carbocycles. The van der Waals surface area contributed by atoms with E-state index in [0.29, 0.717) is 0 Å². The third-order valence-electron chi connectivity index (χ3n) is 3.55. The molecule has 0 saturated heterocycles. The second-order valence-corrected chi connectivity index (χ2v) is 5.23. The van der Waals surface area contributed by atoms with Gasteiger partial charge in [-0.25, -0.2) is 0 Å². The minimum absolute atomic E-state index is 0.0209. The van der Waals surface area contributed by atoms with Gasteiger partial charge in [-0.15, -0.1) is 6.58 Å². The van der Waals surface area contributed by atoms with Gasteiger partial charge in [0.15, 0.2) is 0 Å². The molecule has 0 spiro atoms. The number of aliphatic hydroxyl groups excluding tert-OH is 1. The van der Waals surface area contributed by atoms with E-state index in [2.05, 4.69) is 6.58 Å². The molecule has 1 atom stereocenters. The number of ketones is 2. The maximum Gasteiger partial charge on any atom is 0.140 e. The largest absolute Gasteiger partial charge is 0.396 e. The van der Waals surface area contributed by atoms with Crippen LogP contribution in [0.25, 0.3) is 0 Å². The third-order valence-corrected chi connectivity index (χ3v) is 3.55. The van der Waals surface area contributed by atoms with E-state index < -0.39 is 5.92 Å². The van der Waals surface area contributed by atoms with Crippen molar-refractivity contribution in [3.63, 3.8) is 0 Å². The Labute approximate surface area is 117 Å². The number of rotatable bonds is 12. The van der Waals surface area contributed by atoms with Crippen molar-refractivity contribution in [1.82, 2.24) is 0 Å². The molecule has 0 aliphatic rings. The molecule has 0 aliphatic heterocycles. The minimum Gasteiger partial charge on any atom is -0.396 e. The quantitative estimate of drug-likeness (QED) is 0.335. The summed E-state index contributed by atoms with van der Waals surface area (Å²) in [6.07, 6.45) is 8.98. The van der Waals surface area contributed by atoms with Gasteiger partial charge in [0.1, 0.15) is 11.6 Å². The summed E-state index contributed by atoms with van der Waals surface area (Å²) in [5, 5.41) is 8.66. The zero-order valence-electron chi connectivity index (χ0n) is 12.4. The van der Waals surface area contributed by atoms with Crippen molar-refractivity contribution in [3.8, 4) is 0 Å². The molecule has 0 amide bonds. The number of unbranched alkanes of at least 4 members (excludes halogenated alkanes) is 5. The van der Waals surface area contributed by atoms with Crippen LogP contribution < -0.4 is 0 Å². The van der Waals surface area contributed by atoms with Crippen LogP contribution in [-0.4, -0.2) is 23.3 Å². The minimum atomic E-state index is -0.508. The molecule has 0 aliphatic carbocycles. The summed E-state index contributed by atoms with van der Waals surface area (Å²) in [5.41, 5.74) is 0. The predicted octanol–water partition coefficient (Wildman–Crippen LogP) is 3.31. The molecule has 0 radical (unpaired) electrons. The van der Waals surface area contributed by atoms with Gasteiger partial charge in [-0.1, -0.05) is 38.2 Å². The molecule has 3 nitrogen and oxygen atoms in total. The number of carbonyl (C=O) groups is 2. The smallest absolute Gasteiger partial charge is 0.140 e. The first kappa shape index (κ1) is 18.0. The van der Waals surface area contributed by atoms with Gasteiger partial charge in [0.05, 0.1) is 5.92 Å². The Bertz CT molecular complexity index is 270. The van der Waals surface area contributed by atoms with Crippen molar-refractivity contribution < 1.29 is 14.7 Å². The number of hydrogen-bond donors (Lipinski definition) is 1. The predicted molar refractivity (Wildman–Crippen MR) is 77.9 cm³/mol. The average Bonchev–Trinajstić information content (AvgIpc) is 2.35. The molecule has 3 heteroatoms. The number of Topliss-reactive ketones (excluding diaryl/α,β-unsaturated/α-hetero) is 2. The fourth-order valence-corrected chi connectivity index (χ4v) is 2.51. The van der Waals surface area contributed by atoms with E-state index >= 15 is 0 Å². The van der Waals surface area contributed by atoms with Crippen LogP contribution in [0.15, 0.2) is 12.7 Å². The molecule has 0 heterocycles. The highest BCUT2D eigenvalue weighted by Crippen LogP contribution is 2.23. The van der Waals surface area contributed by atoms with Crippen LogP contribution in [0.4, 0.5) is 0 Å². The first-order valence-electron chi connectivity index (χ1n) is 7.28. The van der Waals surface area contributed by atoms with Crippen LogP contribution in [0.5, 0.6) is 0 Å². The van der Waals surface area contributed by atoms with Gasteiger partial charge in [-0.05, 0) is 32.6 Å². The lowest BCUT2D eigenvalue weighted by atomic mass is 9.82. The fraction of sp³-hybridized carbons (Fsp3) is 0.750. The van der Waals surface area contributed by atoms with Crippen LogP contribution in [0, 0.1) is 11.8 Å². The van der Waals surface area contributed by atoms with Crippen molar-refractivity contribution in [2.75, 3.05) is 6.61 Å². The van der Waals surface area contributed by atoms with Crippen molar-refractivity contribution >= 4 is 11.6 Å². The van der Waals surface area contributed by atoms with E-state index in [4.69, 9.17) is 5.11 Å². The molecule has 0 aromatic heterocycles. The third kappa shape index (κ3) is 7.93. The van der Waals surface area contributed by atoms with Crippen molar-refractivity contribution in [2.45, 2.75) is 58.8 Å². The van der Waals surface area contributed by atoms with E-state index in [-0.39, 0.29) is 24.1 Å². The molecular formula is C16H28O3. The maximum atomic E-state index is 11.5. The van der Waals surface area contributed by atoms with Crippen molar-refractivity contribution in [2.24, 2.45) is 11.8 Å². The highest BCUT2D eigenvalue weighted by Gasteiger charge is 2.26. The molecule has 110 valence electrons. The Morgan fingerprint density at radius 2 is 1.47 bits per heavy atom. The van der Waals surface area contributed by atoms with Gasteiger partial charge in [-0.3, -0.25) is 9.59 Å². The number of aliphatic hydroxyl groups is 1. The number of carbonyl (C=O) groups excluding carboxylic acids is 2. The monoisotopic (exact) mass is 268 g/mol. The summed E-state index contributed by atoms with van der Waals surface area (Å²) < 4.78 is 0. The van der Waals surface area contributed by atoms with E-state index in [1.807, 2.05) is 0 Å². The standard InChI is InChI=1S/C16H28O3/c1-4-15(16(13(2)18)14(3)19)11-9-7-5-6-8-10-12-17/h4,15-17H,1,5-12H2,2-3H3. The van der Waals surface area contributed by atoms with E-state index in [1.54, 1.807) is 6.08 Å². The van der Waals surface area contributed by atoms with Gasteiger partial charge in [0.2, 0.25) is 0 Å². The second kappa shape index (κ2) is 10.9. The van der Waals surface area contributed by atoms with Crippen LogP contribution in [0.3, 0.4) is 0 Å². The molecule has 0 aromatic rings. The lowest BCUT2D eigenvalue weighted by Gasteiger charge is -2.19. The first-order chi connectivity index (χ1) is 9.04. The summed E-state index contributed by atoms with van der Waals surface area (Å²) in [6.45, 7) is 7.00. The van der Waals surface area contributed by atoms with E-state index in [9.17, 15) is 9.59 Å². The lowest BCUT2D eigenvalue weighted by molar-refractivity contribution is -0.132. The molecule has 0 rings (SSSR count). The van der Waals surface area contributed by atoms with E-state index in [1.165, 1.54) is 13.8 Å². The molecule has 0 bridgehead atoms. The molecule has 1 unspecified atom stereocenters. The number of hydrogen-bond acceptors (Lipinski definition) is 3. The molecule has 1 N–H and O–H groups in total. The summed E-state index contributed by atoms with van der Waals surface area (Å²) in [4.78, 5) is 23.0. The van der Waals surface area contributed by atoms with Crippen LogP contribution >= 0.6 is 0 Å². The summed E-state index contributed by atoms with van der Waals surface area (Å²) >= 11 is 0. The highest BCUT2D eigenvalue weighted by atomic mass is 16.2. The van der Waals surface area contributed by atoms with Crippen LogP contribution in [0.1, 0.15) is 58.8 Å². The lowest BCUT2D eigenvalue weighted by Crippen LogP contribution is -2.27. The topological polar surface area (TPSA) is 54.4 Å². The normalized spacial score (nSPS) is 12.4. The second-order valence-electron chi connectivity index (χ2n) is 5.23. The summed E-state index contributed by atoms with van der Waals surface area (Å²) in [7, 11) is 0. The zero-order valence-corrected chi connectivity index (χ0v) is 12.4. The van der Waals surface area contributed by atoms with Gasteiger partial charge in [0, 0.05) is 6.61 Å².